The van der Waals surface area contributed by atoms with Gasteiger partial charge in [0.2, 0.25) is 0 Å². The molecule has 2 atom stereocenters. The fraction of sp³-hybridized carbons (Fsp3) is 0.429. The Balaban J connectivity index is 1.83. The molecule has 0 bridgehead atoms. The monoisotopic (exact) mass is 550 g/mol. The summed E-state index contributed by atoms with van der Waals surface area (Å²) >= 11 is 1.99. The van der Waals surface area contributed by atoms with Crippen molar-refractivity contribution >= 4 is 39.7 Å². The van der Waals surface area contributed by atoms with Crippen molar-refractivity contribution in [3.63, 3.8) is 0 Å². The zero-order valence-corrected chi connectivity index (χ0v) is 19.6. The van der Waals surface area contributed by atoms with Gasteiger partial charge in [-0.25, -0.2) is 8.78 Å². The number of halogens is 3. The molecule has 1 aliphatic rings. The minimum absolute atomic E-state index is 0.0497. The first-order chi connectivity index (χ1) is 14.7. The molecule has 31 heavy (non-hydrogen) atoms. The number of hydrogen-bond donors (Lipinski definition) is 2. The van der Waals surface area contributed by atoms with Crippen molar-refractivity contribution in [1.29, 1.82) is 0 Å². The Morgan fingerprint density at radius 3 is 2.68 bits per heavy atom. The lowest BCUT2D eigenvalue weighted by atomic mass is 10.2. The number of methoxy groups -OCH3 is 1. The van der Waals surface area contributed by atoms with Crippen LogP contribution >= 0.6 is 22.6 Å². The van der Waals surface area contributed by atoms with Crippen LogP contribution in [0.25, 0.3) is 0 Å². The van der Waals surface area contributed by atoms with Gasteiger partial charge in [-0.15, -0.1) is 0 Å². The highest BCUT2D eigenvalue weighted by Crippen LogP contribution is 2.34. The number of quaternary nitrogens is 1. The molecule has 0 aliphatic carbocycles. The molecule has 2 aromatic rings. The Bertz CT molecular complexity index is 916. The Morgan fingerprint density at radius 1 is 1.26 bits per heavy atom. The maximum absolute atomic E-state index is 14.4. The van der Waals surface area contributed by atoms with Crippen molar-refractivity contribution in [3.8, 4) is 5.75 Å². The van der Waals surface area contributed by atoms with Gasteiger partial charge in [0.05, 0.1) is 25.0 Å². The van der Waals surface area contributed by atoms with Gasteiger partial charge in [-0.2, -0.15) is 0 Å². The summed E-state index contributed by atoms with van der Waals surface area (Å²) in [5.74, 6) is -1.75. The van der Waals surface area contributed by atoms with E-state index in [9.17, 15) is 14.0 Å². The minimum atomic E-state index is -0.655. The van der Waals surface area contributed by atoms with Crippen LogP contribution in [0.1, 0.15) is 20.3 Å². The van der Waals surface area contributed by atoms with Gasteiger partial charge in [0.15, 0.2) is 24.0 Å². The molecule has 0 aromatic heterocycles. The second-order valence-corrected chi connectivity index (χ2v) is 8.77. The maximum atomic E-state index is 14.4. The van der Waals surface area contributed by atoms with Gasteiger partial charge in [0.25, 0.3) is 0 Å². The van der Waals surface area contributed by atoms with Gasteiger partial charge in [-0.05, 0) is 54.6 Å². The van der Waals surface area contributed by atoms with Crippen LogP contribution in [0.2, 0.25) is 0 Å². The summed E-state index contributed by atoms with van der Waals surface area (Å²) in [7, 11) is 1.38. The Labute approximate surface area is 193 Å². The Kier molecular flexibility index (Phi) is 8.05. The van der Waals surface area contributed by atoms with E-state index in [0.717, 1.165) is 12.1 Å². The molecule has 0 spiro atoms. The van der Waals surface area contributed by atoms with Gasteiger partial charge in [-0.1, -0.05) is 0 Å². The molecule has 2 N–H and O–H groups in total. The summed E-state index contributed by atoms with van der Waals surface area (Å²) in [5, 5.41) is 15.1. The van der Waals surface area contributed by atoms with E-state index in [1.54, 1.807) is 6.07 Å². The lowest BCUT2D eigenvalue weighted by molar-refractivity contribution is -0.801. The van der Waals surface area contributed by atoms with Gasteiger partial charge < -0.3 is 34.5 Å². The lowest BCUT2D eigenvalue weighted by Gasteiger charge is -2.26. The van der Waals surface area contributed by atoms with E-state index < -0.39 is 22.5 Å². The summed E-state index contributed by atoms with van der Waals surface area (Å²) in [6, 6.07) is 6.82. The number of hydroxylamine groups is 1. The minimum Gasteiger partial charge on any atom is -0.627 e. The number of rotatable bonds is 9. The highest BCUT2D eigenvalue weighted by Gasteiger charge is 2.32. The molecule has 0 radical (unpaired) electrons. The molecule has 1 aliphatic heterocycles. The molecule has 2 aromatic carbocycles. The van der Waals surface area contributed by atoms with E-state index in [4.69, 9.17) is 18.9 Å². The predicted molar refractivity (Wildman–Crippen MR) is 120 cm³/mol. The predicted octanol–water partition coefficient (Wildman–Crippen LogP) is 3.85. The largest absolute Gasteiger partial charge is 0.627 e. The Hall–Kier alpha value is -1.57. The SMILES string of the molecule is COC[NH+]([O-])c1c(Nc2ccc(I)cc2F)cc(F)cc1OCCC1COC(C)(C)O1. The van der Waals surface area contributed by atoms with Crippen LogP contribution in [0.15, 0.2) is 30.3 Å². The molecule has 0 amide bonds. The number of ether oxygens (including phenoxy) is 4. The van der Waals surface area contributed by atoms with E-state index in [1.165, 1.54) is 19.2 Å². The third-order valence-electron chi connectivity index (χ3n) is 4.59. The molecular formula is C21H25F2IN2O5. The standard InChI is InChI=1S/C21H25F2IN2O5/c1-21(2)30-11-15(31-21)6-7-29-19-9-13(22)8-18(20(19)26(27)12-28-3)25-17-5-4-14(24)10-16(17)23/h4-5,8-10,15,25-26H,6-7,11-12H2,1-3H3. The first kappa shape index (κ1) is 24.1. The fourth-order valence-electron chi connectivity index (χ4n) is 3.23. The molecule has 0 saturated carbocycles. The molecule has 1 heterocycles. The van der Waals surface area contributed by atoms with Gasteiger partial charge in [0, 0.05) is 29.2 Å². The first-order valence-corrected chi connectivity index (χ1v) is 10.8. The second-order valence-electron chi connectivity index (χ2n) is 7.52. The fourth-order valence-corrected chi connectivity index (χ4v) is 3.68. The van der Waals surface area contributed by atoms with Crippen LogP contribution < -0.4 is 15.1 Å². The number of nitrogens with one attached hydrogen (secondary N) is 2. The van der Waals surface area contributed by atoms with Crippen LogP contribution in [0, 0.1) is 20.4 Å². The van der Waals surface area contributed by atoms with E-state index in [1.807, 2.05) is 36.4 Å². The van der Waals surface area contributed by atoms with E-state index in [0.29, 0.717) is 16.6 Å². The zero-order valence-electron chi connectivity index (χ0n) is 17.5. The quantitative estimate of drug-likeness (QED) is 0.281. The van der Waals surface area contributed by atoms with Crippen molar-refractivity contribution in [1.82, 2.24) is 0 Å². The molecule has 1 saturated heterocycles. The molecule has 3 rings (SSSR count). The van der Waals surface area contributed by atoms with E-state index in [2.05, 4.69) is 5.32 Å². The molecule has 2 unspecified atom stereocenters. The summed E-state index contributed by atoms with van der Waals surface area (Å²) in [6.45, 7) is 4.01. The van der Waals surface area contributed by atoms with Crippen LogP contribution in [0.5, 0.6) is 5.75 Å². The maximum Gasteiger partial charge on any atom is 0.199 e. The van der Waals surface area contributed by atoms with Crippen molar-refractivity contribution in [2.24, 2.45) is 0 Å². The van der Waals surface area contributed by atoms with E-state index >= 15 is 0 Å². The third kappa shape index (κ3) is 6.46. The summed E-state index contributed by atoms with van der Waals surface area (Å²) in [6.07, 6.45) is 0.326. The van der Waals surface area contributed by atoms with Crippen molar-refractivity contribution in [3.05, 3.63) is 50.7 Å². The second kappa shape index (κ2) is 10.4. The summed E-state index contributed by atoms with van der Waals surface area (Å²) in [4.78, 5) is 0. The molecule has 10 heteroatoms. The van der Waals surface area contributed by atoms with Crippen LogP contribution in [-0.4, -0.2) is 38.9 Å². The topological polar surface area (TPSA) is 76.5 Å². The van der Waals surface area contributed by atoms with E-state index in [-0.39, 0.29) is 42.3 Å². The lowest BCUT2D eigenvalue weighted by Crippen LogP contribution is -3.02. The molecule has 7 nitrogen and oxygen atoms in total. The van der Waals surface area contributed by atoms with Gasteiger partial charge in [-0.3, -0.25) is 0 Å². The highest BCUT2D eigenvalue weighted by atomic mass is 127. The number of benzene rings is 2. The van der Waals surface area contributed by atoms with Crippen molar-refractivity contribution in [2.75, 3.05) is 32.4 Å². The average Bonchev–Trinajstić information content (AvgIpc) is 3.02. The summed E-state index contributed by atoms with van der Waals surface area (Å²) in [5.41, 5.74) is 0.297. The first-order valence-electron chi connectivity index (χ1n) is 9.71. The van der Waals surface area contributed by atoms with Crippen LogP contribution in [0.3, 0.4) is 0 Å². The van der Waals surface area contributed by atoms with Gasteiger partial charge >= 0.3 is 0 Å². The average molecular weight is 550 g/mol. The van der Waals surface area contributed by atoms with Crippen molar-refractivity contribution in [2.45, 2.75) is 32.2 Å². The van der Waals surface area contributed by atoms with Crippen LogP contribution in [0.4, 0.5) is 25.8 Å². The molecule has 1 fully saturated rings. The summed E-state index contributed by atoms with van der Waals surface area (Å²) < 4.78 is 51.4. The number of anilines is 2. The van der Waals surface area contributed by atoms with Crippen LogP contribution in [-0.2, 0) is 14.2 Å². The normalized spacial score (nSPS) is 18.7. The van der Waals surface area contributed by atoms with Crippen molar-refractivity contribution < 1.29 is 32.8 Å². The Morgan fingerprint density at radius 2 is 2.03 bits per heavy atom. The van der Waals surface area contributed by atoms with Gasteiger partial charge in [0.1, 0.15) is 17.3 Å². The molecular weight excluding hydrogens is 525 g/mol. The molecule has 170 valence electrons. The zero-order chi connectivity index (χ0) is 22.6. The number of hydrogen-bond acceptors (Lipinski definition) is 6. The highest BCUT2D eigenvalue weighted by molar-refractivity contribution is 14.1. The smallest absolute Gasteiger partial charge is 0.199 e. The third-order valence-corrected chi connectivity index (χ3v) is 5.26.